The number of phenolic OH excluding ortho intramolecular Hbond substituents is 1. The van der Waals surface area contributed by atoms with Crippen molar-refractivity contribution in [3.63, 3.8) is 0 Å². The van der Waals surface area contributed by atoms with Crippen molar-refractivity contribution in [2.24, 2.45) is 5.92 Å². The monoisotopic (exact) mass is 281 g/mol. The van der Waals surface area contributed by atoms with Crippen LogP contribution in [0.1, 0.15) is 32.8 Å². The highest BCUT2D eigenvalue weighted by Crippen LogP contribution is 2.26. The van der Waals surface area contributed by atoms with E-state index >= 15 is 0 Å². The SMILES string of the molecule is CCOc1cc(CNCCOCCC(C)C)ccc1O. The van der Waals surface area contributed by atoms with Crippen LogP contribution in [0.4, 0.5) is 0 Å². The number of hydrogen-bond acceptors (Lipinski definition) is 4. The summed E-state index contributed by atoms with van der Waals surface area (Å²) in [5.41, 5.74) is 1.09. The van der Waals surface area contributed by atoms with E-state index in [1.54, 1.807) is 6.07 Å². The number of nitrogens with one attached hydrogen (secondary N) is 1. The second-order valence-corrected chi connectivity index (χ2v) is 5.21. The molecular formula is C16H27NO3. The third-order valence-electron chi connectivity index (χ3n) is 2.92. The summed E-state index contributed by atoms with van der Waals surface area (Å²) in [7, 11) is 0. The first-order valence-corrected chi connectivity index (χ1v) is 7.36. The largest absolute Gasteiger partial charge is 0.504 e. The van der Waals surface area contributed by atoms with E-state index < -0.39 is 0 Å². The van der Waals surface area contributed by atoms with Gasteiger partial charge in [0.1, 0.15) is 0 Å². The third kappa shape index (κ3) is 6.78. The maximum Gasteiger partial charge on any atom is 0.161 e. The van der Waals surface area contributed by atoms with Gasteiger partial charge in [0.25, 0.3) is 0 Å². The molecule has 0 radical (unpaired) electrons. The second kappa shape index (κ2) is 9.61. The smallest absolute Gasteiger partial charge is 0.161 e. The van der Waals surface area contributed by atoms with Crippen molar-refractivity contribution in [3.8, 4) is 11.5 Å². The number of hydrogen-bond donors (Lipinski definition) is 2. The minimum Gasteiger partial charge on any atom is -0.504 e. The first-order valence-electron chi connectivity index (χ1n) is 7.36. The van der Waals surface area contributed by atoms with Gasteiger partial charge >= 0.3 is 0 Å². The fraction of sp³-hybridized carbons (Fsp3) is 0.625. The fourth-order valence-corrected chi connectivity index (χ4v) is 1.74. The molecule has 4 nitrogen and oxygen atoms in total. The molecule has 0 fully saturated rings. The zero-order valence-corrected chi connectivity index (χ0v) is 12.8. The lowest BCUT2D eigenvalue weighted by molar-refractivity contribution is 0.125. The van der Waals surface area contributed by atoms with Crippen molar-refractivity contribution in [2.45, 2.75) is 33.7 Å². The van der Waals surface area contributed by atoms with Gasteiger partial charge < -0.3 is 19.9 Å². The van der Waals surface area contributed by atoms with Gasteiger partial charge in [0, 0.05) is 19.7 Å². The molecule has 0 heterocycles. The van der Waals surface area contributed by atoms with Gasteiger partial charge in [0.05, 0.1) is 13.2 Å². The number of aromatic hydroxyl groups is 1. The molecule has 0 amide bonds. The lowest BCUT2D eigenvalue weighted by Crippen LogP contribution is -2.19. The summed E-state index contributed by atoms with van der Waals surface area (Å²) < 4.78 is 10.9. The summed E-state index contributed by atoms with van der Waals surface area (Å²) in [4.78, 5) is 0. The Balaban J connectivity index is 2.20. The molecule has 1 aromatic rings. The molecule has 0 aliphatic heterocycles. The summed E-state index contributed by atoms with van der Waals surface area (Å²) >= 11 is 0. The van der Waals surface area contributed by atoms with E-state index in [2.05, 4.69) is 19.2 Å². The predicted octanol–water partition coefficient (Wildman–Crippen LogP) is 2.94. The van der Waals surface area contributed by atoms with Crippen LogP contribution in [0, 0.1) is 5.92 Å². The van der Waals surface area contributed by atoms with Crippen LogP contribution < -0.4 is 10.1 Å². The summed E-state index contributed by atoms with van der Waals surface area (Å²) in [6.07, 6.45) is 1.11. The van der Waals surface area contributed by atoms with Gasteiger partial charge in [-0.05, 0) is 37.0 Å². The van der Waals surface area contributed by atoms with Crippen LogP contribution >= 0.6 is 0 Å². The third-order valence-corrected chi connectivity index (χ3v) is 2.92. The van der Waals surface area contributed by atoms with Gasteiger partial charge in [0.15, 0.2) is 11.5 Å². The van der Waals surface area contributed by atoms with Crippen LogP contribution in [0.15, 0.2) is 18.2 Å². The van der Waals surface area contributed by atoms with Crippen molar-refractivity contribution in [3.05, 3.63) is 23.8 Å². The zero-order chi connectivity index (χ0) is 14.8. The molecule has 2 N–H and O–H groups in total. The Morgan fingerprint density at radius 2 is 2.05 bits per heavy atom. The maximum atomic E-state index is 9.61. The molecule has 0 saturated heterocycles. The molecular weight excluding hydrogens is 254 g/mol. The van der Waals surface area contributed by atoms with E-state index in [1.807, 2.05) is 19.1 Å². The molecule has 0 aliphatic carbocycles. The molecule has 0 spiro atoms. The molecule has 0 aliphatic rings. The van der Waals surface area contributed by atoms with Crippen LogP contribution in [0.2, 0.25) is 0 Å². The molecule has 1 aromatic carbocycles. The molecule has 114 valence electrons. The fourth-order valence-electron chi connectivity index (χ4n) is 1.74. The minimum absolute atomic E-state index is 0.188. The number of phenols is 1. The first-order chi connectivity index (χ1) is 9.63. The second-order valence-electron chi connectivity index (χ2n) is 5.21. The highest BCUT2D eigenvalue weighted by Gasteiger charge is 2.03. The predicted molar refractivity (Wildman–Crippen MR) is 81.3 cm³/mol. The Kier molecular flexibility index (Phi) is 8.07. The Hall–Kier alpha value is -1.26. The average Bonchev–Trinajstić information content (AvgIpc) is 2.41. The number of rotatable bonds is 10. The summed E-state index contributed by atoms with van der Waals surface area (Å²) in [6.45, 7) is 9.96. The molecule has 0 bridgehead atoms. The minimum atomic E-state index is 0.188. The van der Waals surface area contributed by atoms with Crippen molar-refractivity contribution in [1.82, 2.24) is 5.32 Å². The van der Waals surface area contributed by atoms with Gasteiger partial charge in [-0.25, -0.2) is 0 Å². The molecule has 4 heteroatoms. The molecule has 0 atom stereocenters. The molecule has 0 aromatic heterocycles. The van der Waals surface area contributed by atoms with Crippen LogP contribution in [0.5, 0.6) is 11.5 Å². The topological polar surface area (TPSA) is 50.7 Å². The van der Waals surface area contributed by atoms with Gasteiger partial charge in [-0.2, -0.15) is 0 Å². The zero-order valence-electron chi connectivity index (χ0n) is 12.8. The Morgan fingerprint density at radius 3 is 2.75 bits per heavy atom. The summed E-state index contributed by atoms with van der Waals surface area (Å²) in [5, 5.41) is 12.9. The molecule has 1 rings (SSSR count). The van der Waals surface area contributed by atoms with Crippen molar-refractivity contribution < 1.29 is 14.6 Å². The normalized spacial score (nSPS) is 11.0. The van der Waals surface area contributed by atoms with Gasteiger partial charge in [-0.1, -0.05) is 19.9 Å². The Morgan fingerprint density at radius 1 is 1.25 bits per heavy atom. The van der Waals surface area contributed by atoms with E-state index in [0.29, 0.717) is 18.3 Å². The number of benzene rings is 1. The first kappa shape index (κ1) is 16.8. The van der Waals surface area contributed by atoms with Gasteiger partial charge in [-0.15, -0.1) is 0 Å². The lowest BCUT2D eigenvalue weighted by atomic mass is 10.1. The highest BCUT2D eigenvalue weighted by molar-refractivity contribution is 5.41. The standard InChI is InChI=1S/C16H27NO3/c1-4-20-16-11-14(5-6-15(16)18)12-17-8-10-19-9-7-13(2)3/h5-6,11,13,17-18H,4,7-10,12H2,1-3H3. The summed E-state index contributed by atoms with van der Waals surface area (Å²) in [5.74, 6) is 1.42. The van der Waals surface area contributed by atoms with E-state index in [1.165, 1.54) is 0 Å². The highest BCUT2D eigenvalue weighted by atomic mass is 16.5. The van der Waals surface area contributed by atoms with E-state index in [0.717, 1.165) is 38.3 Å². The van der Waals surface area contributed by atoms with Crippen LogP contribution in [-0.2, 0) is 11.3 Å². The maximum absolute atomic E-state index is 9.61. The molecule has 20 heavy (non-hydrogen) atoms. The van der Waals surface area contributed by atoms with Crippen LogP contribution in [0.25, 0.3) is 0 Å². The van der Waals surface area contributed by atoms with Crippen LogP contribution in [0.3, 0.4) is 0 Å². The van der Waals surface area contributed by atoms with Crippen molar-refractivity contribution >= 4 is 0 Å². The van der Waals surface area contributed by atoms with E-state index in [-0.39, 0.29) is 5.75 Å². The Bertz CT molecular complexity index is 380. The van der Waals surface area contributed by atoms with Gasteiger partial charge in [-0.3, -0.25) is 0 Å². The number of ether oxygens (including phenoxy) is 2. The quantitative estimate of drug-likeness (QED) is 0.647. The van der Waals surface area contributed by atoms with Gasteiger partial charge in [0.2, 0.25) is 0 Å². The summed E-state index contributed by atoms with van der Waals surface area (Å²) in [6, 6.07) is 5.43. The van der Waals surface area contributed by atoms with E-state index in [9.17, 15) is 5.11 Å². The molecule has 0 unspecified atom stereocenters. The van der Waals surface area contributed by atoms with Crippen LogP contribution in [-0.4, -0.2) is 31.5 Å². The average molecular weight is 281 g/mol. The van der Waals surface area contributed by atoms with Crippen molar-refractivity contribution in [1.29, 1.82) is 0 Å². The van der Waals surface area contributed by atoms with E-state index in [4.69, 9.17) is 9.47 Å². The lowest BCUT2D eigenvalue weighted by Gasteiger charge is -2.10. The van der Waals surface area contributed by atoms with Crippen molar-refractivity contribution in [2.75, 3.05) is 26.4 Å². The Labute approximate surface area is 122 Å². The molecule has 0 saturated carbocycles.